The minimum Gasteiger partial charge on any atom is -0.319 e. The third-order valence-corrected chi connectivity index (χ3v) is 3.20. The van der Waals surface area contributed by atoms with Crippen LogP contribution in [0.15, 0.2) is 67.0 Å². The lowest BCUT2D eigenvalue weighted by Gasteiger charge is -2.04. The number of aromatic nitrogens is 2. The van der Waals surface area contributed by atoms with Crippen LogP contribution in [-0.2, 0) is 6.54 Å². The normalized spacial score (nSPS) is 10.4. The molecule has 0 atom stereocenters. The predicted octanol–water partition coefficient (Wildman–Crippen LogP) is 3.32. The number of carbonyl (C=O) groups is 1. The highest BCUT2D eigenvalue weighted by atomic mass is 19.1. The SMILES string of the molecule is O=C(Nc1ccccc1F)c1cnn(Cc2ccccc2)c1. The molecular weight excluding hydrogens is 281 g/mol. The van der Waals surface area contributed by atoms with Gasteiger partial charge in [0.15, 0.2) is 0 Å². The summed E-state index contributed by atoms with van der Waals surface area (Å²) in [6.07, 6.45) is 3.11. The molecule has 3 aromatic rings. The Kier molecular flexibility index (Phi) is 3.96. The van der Waals surface area contributed by atoms with Gasteiger partial charge >= 0.3 is 0 Å². The van der Waals surface area contributed by atoms with Crippen molar-refractivity contribution in [2.75, 3.05) is 5.32 Å². The second-order valence-electron chi connectivity index (χ2n) is 4.85. The molecule has 0 unspecified atom stereocenters. The summed E-state index contributed by atoms with van der Waals surface area (Å²) in [5.41, 5.74) is 1.63. The van der Waals surface area contributed by atoms with Crippen molar-refractivity contribution in [2.24, 2.45) is 0 Å². The van der Waals surface area contributed by atoms with Gasteiger partial charge < -0.3 is 5.32 Å². The van der Waals surface area contributed by atoms with E-state index in [1.54, 1.807) is 23.0 Å². The summed E-state index contributed by atoms with van der Waals surface area (Å²) < 4.78 is 15.2. The molecule has 0 aliphatic rings. The Balaban J connectivity index is 1.71. The lowest BCUT2D eigenvalue weighted by Crippen LogP contribution is -2.12. The van der Waals surface area contributed by atoms with E-state index >= 15 is 0 Å². The van der Waals surface area contributed by atoms with Crippen LogP contribution in [-0.4, -0.2) is 15.7 Å². The molecule has 0 fully saturated rings. The van der Waals surface area contributed by atoms with Gasteiger partial charge in [0.25, 0.3) is 5.91 Å². The summed E-state index contributed by atoms with van der Waals surface area (Å²) in [6.45, 7) is 0.577. The molecule has 0 saturated heterocycles. The first-order valence-corrected chi connectivity index (χ1v) is 6.84. The van der Waals surface area contributed by atoms with Gasteiger partial charge in [-0.05, 0) is 17.7 Å². The fourth-order valence-corrected chi connectivity index (χ4v) is 2.09. The fraction of sp³-hybridized carbons (Fsp3) is 0.0588. The van der Waals surface area contributed by atoms with E-state index in [9.17, 15) is 9.18 Å². The molecule has 1 heterocycles. The third kappa shape index (κ3) is 3.20. The van der Waals surface area contributed by atoms with Crippen LogP contribution in [0.2, 0.25) is 0 Å². The van der Waals surface area contributed by atoms with E-state index in [-0.39, 0.29) is 11.6 Å². The minimum absolute atomic E-state index is 0.156. The van der Waals surface area contributed by atoms with Gasteiger partial charge in [-0.1, -0.05) is 42.5 Å². The lowest BCUT2D eigenvalue weighted by molar-refractivity contribution is 0.102. The van der Waals surface area contributed by atoms with Crippen molar-refractivity contribution in [1.82, 2.24) is 9.78 Å². The number of anilines is 1. The van der Waals surface area contributed by atoms with Crippen LogP contribution < -0.4 is 5.32 Å². The first-order chi connectivity index (χ1) is 10.7. The summed E-state index contributed by atoms with van der Waals surface area (Å²) in [6, 6.07) is 15.9. The maximum Gasteiger partial charge on any atom is 0.258 e. The maximum absolute atomic E-state index is 13.5. The average Bonchev–Trinajstić information content (AvgIpc) is 2.99. The zero-order valence-corrected chi connectivity index (χ0v) is 11.7. The summed E-state index contributed by atoms with van der Waals surface area (Å²) in [4.78, 5) is 12.1. The van der Waals surface area contributed by atoms with Gasteiger partial charge in [0.2, 0.25) is 0 Å². The van der Waals surface area contributed by atoms with E-state index in [0.29, 0.717) is 12.1 Å². The van der Waals surface area contributed by atoms with Gasteiger partial charge in [-0.3, -0.25) is 9.48 Å². The van der Waals surface area contributed by atoms with Crippen molar-refractivity contribution in [3.63, 3.8) is 0 Å². The van der Waals surface area contributed by atoms with E-state index in [1.165, 1.54) is 18.3 Å². The molecular formula is C17H14FN3O. The second-order valence-corrected chi connectivity index (χ2v) is 4.85. The molecule has 1 amide bonds. The number of rotatable bonds is 4. The van der Waals surface area contributed by atoms with Crippen LogP contribution in [0.4, 0.5) is 10.1 Å². The van der Waals surface area contributed by atoms with Crippen molar-refractivity contribution >= 4 is 11.6 Å². The molecule has 2 aromatic carbocycles. The van der Waals surface area contributed by atoms with Crippen LogP contribution in [0.3, 0.4) is 0 Å². The molecule has 0 saturated carbocycles. The number of amides is 1. The number of hydrogen-bond acceptors (Lipinski definition) is 2. The highest BCUT2D eigenvalue weighted by Crippen LogP contribution is 2.14. The van der Waals surface area contributed by atoms with Crippen LogP contribution >= 0.6 is 0 Å². The number of hydrogen-bond donors (Lipinski definition) is 1. The van der Waals surface area contributed by atoms with Gasteiger partial charge in [0, 0.05) is 6.20 Å². The van der Waals surface area contributed by atoms with Crippen molar-refractivity contribution in [1.29, 1.82) is 0 Å². The quantitative estimate of drug-likeness (QED) is 0.802. The Labute approximate surface area is 127 Å². The molecule has 110 valence electrons. The summed E-state index contributed by atoms with van der Waals surface area (Å²) in [5.74, 6) is -0.850. The number of halogens is 1. The van der Waals surface area contributed by atoms with E-state index in [4.69, 9.17) is 0 Å². The average molecular weight is 295 g/mol. The largest absolute Gasteiger partial charge is 0.319 e. The zero-order chi connectivity index (χ0) is 15.4. The molecule has 5 heteroatoms. The maximum atomic E-state index is 13.5. The molecule has 0 spiro atoms. The number of nitrogens with one attached hydrogen (secondary N) is 1. The van der Waals surface area contributed by atoms with Crippen molar-refractivity contribution in [3.8, 4) is 0 Å². The molecule has 0 bridgehead atoms. The summed E-state index contributed by atoms with van der Waals surface area (Å²) in [5, 5.41) is 6.70. The lowest BCUT2D eigenvalue weighted by atomic mass is 10.2. The van der Waals surface area contributed by atoms with Gasteiger partial charge in [-0.25, -0.2) is 4.39 Å². The molecule has 1 N–H and O–H groups in total. The molecule has 0 aliphatic heterocycles. The highest BCUT2D eigenvalue weighted by molar-refractivity contribution is 6.03. The summed E-state index contributed by atoms with van der Waals surface area (Å²) >= 11 is 0. The predicted molar refractivity (Wildman–Crippen MR) is 82.1 cm³/mol. The molecule has 0 aliphatic carbocycles. The van der Waals surface area contributed by atoms with Gasteiger partial charge in [0.05, 0.1) is 24.0 Å². The minimum atomic E-state index is -0.465. The van der Waals surface area contributed by atoms with Gasteiger partial charge in [0.1, 0.15) is 5.82 Å². The molecule has 3 rings (SSSR count). The fourth-order valence-electron chi connectivity index (χ4n) is 2.09. The van der Waals surface area contributed by atoms with E-state index < -0.39 is 5.82 Å². The molecule has 4 nitrogen and oxygen atoms in total. The summed E-state index contributed by atoms with van der Waals surface area (Å²) in [7, 11) is 0. The van der Waals surface area contributed by atoms with Crippen molar-refractivity contribution in [2.45, 2.75) is 6.54 Å². The van der Waals surface area contributed by atoms with E-state index in [0.717, 1.165) is 5.56 Å². The standard InChI is InChI=1S/C17H14FN3O/c18-15-8-4-5-9-16(15)20-17(22)14-10-19-21(12-14)11-13-6-2-1-3-7-13/h1-10,12H,11H2,(H,20,22). The second kappa shape index (κ2) is 6.22. The Bertz CT molecular complexity index is 783. The molecule has 22 heavy (non-hydrogen) atoms. The number of benzene rings is 2. The first kappa shape index (κ1) is 14.0. The van der Waals surface area contributed by atoms with Crippen LogP contribution in [0.5, 0.6) is 0 Å². The van der Waals surface area contributed by atoms with Crippen LogP contribution in [0.1, 0.15) is 15.9 Å². The van der Waals surface area contributed by atoms with E-state index in [1.807, 2.05) is 30.3 Å². The molecule has 0 radical (unpaired) electrons. The van der Waals surface area contributed by atoms with Crippen LogP contribution in [0.25, 0.3) is 0 Å². The van der Waals surface area contributed by atoms with Crippen LogP contribution in [0, 0.1) is 5.82 Å². The monoisotopic (exact) mass is 295 g/mol. The molecule has 1 aromatic heterocycles. The van der Waals surface area contributed by atoms with Crippen molar-refractivity contribution in [3.05, 3.63) is 83.9 Å². The van der Waals surface area contributed by atoms with E-state index in [2.05, 4.69) is 10.4 Å². The smallest absolute Gasteiger partial charge is 0.258 e. The number of carbonyl (C=O) groups excluding carboxylic acids is 1. The van der Waals surface area contributed by atoms with Gasteiger partial charge in [-0.2, -0.15) is 5.10 Å². The van der Waals surface area contributed by atoms with Gasteiger partial charge in [-0.15, -0.1) is 0 Å². The third-order valence-electron chi connectivity index (χ3n) is 3.20. The Hall–Kier alpha value is -2.95. The first-order valence-electron chi connectivity index (χ1n) is 6.84. The topological polar surface area (TPSA) is 46.9 Å². The Morgan fingerprint density at radius 2 is 1.82 bits per heavy atom. The van der Waals surface area contributed by atoms with Crippen molar-refractivity contribution < 1.29 is 9.18 Å². The Morgan fingerprint density at radius 1 is 1.09 bits per heavy atom. The Morgan fingerprint density at radius 3 is 2.59 bits per heavy atom. The highest BCUT2D eigenvalue weighted by Gasteiger charge is 2.11. The number of nitrogens with zero attached hydrogens (tertiary/aromatic N) is 2. The number of para-hydroxylation sites is 1. The zero-order valence-electron chi connectivity index (χ0n) is 11.7.